The summed E-state index contributed by atoms with van der Waals surface area (Å²) < 4.78 is 2.65. The molecule has 2 nitrogen and oxygen atoms in total. The van der Waals surface area contributed by atoms with Crippen molar-refractivity contribution in [2.45, 2.75) is 22.7 Å². The third-order valence-electron chi connectivity index (χ3n) is 18.5. The Hall–Kier alpha value is -8.85. The van der Waals surface area contributed by atoms with Gasteiger partial charge in [-0.25, -0.2) is 0 Å². The zero-order valence-corrected chi connectivity index (χ0v) is 38.3. The standard InChI is InChI=1S/C69H38N2/c1-3-23-43-41(21-1)58-42-22-2-4-24-44(42)59(43)62-47(58)35-48-61-56(34-33-55-60(61)45-25-9-15-31-53(45)68(55)49-27-11-5-17-37(49)38-18-6-12-28-50(38)68)71-57-36-70-67-63(64(57)65(62)66(48)71)46-26-10-16-32-54(46)69(67)51-29-13-7-19-39(51)40-20-8-14-30-52(40)69/h1-36,58-59H. The summed E-state index contributed by atoms with van der Waals surface area (Å²) in [6, 6.07) is 81.6. The molecule has 0 fully saturated rings. The van der Waals surface area contributed by atoms with Crippen LogP contribution in [0.25, 0.3) is 82.6 Å². The van der Waals surface area contributed by atoms with Crippen LogP contribution in [0, 0.1) is 0 Å². The molecule has 3 heterocycles. The number of aromatic nitrogens is 2. The van der Waals surface area contributed by atoms with Crippen LogP contribution < -0.4 is 0 Å². The molecule has 2 bridgehead atoms. The molecular formula is C69H38N2. The molecule has 0 saturated heterocycles. The maximum absolute atomic E-state index is 5.86. The Morgan fingerprint density at radius 1 is 0.338 bits per heavy atom. The quantitative estimate of drug-likeness (QED) is 0.148. The molecule has 7 aliphatic carbocycles. The smallest absolute Gasteiger partial charge is 0.0898 e. The summed E-state index contributed by atoms with van der Waals surface area (Å²) in [5.74, 6) is 0.194. The first-order valence-corrected chi connectivity index (χ1v) is 25.3. The summed E-state index contributed by atoms with van der Waals surface area (Å²) in [6.45, 7) is 0. The van der Waals surface area contributed by atoms with Gasteiger partial charge in [0.2, 0.25) is 0 Å². The molecule has 0 saturated carbocycles. The topological polar surface area (TPSA) is 17.3 Å². The normalized spacial score (nSPS) is 17.5. The summed E-state index contributed by atoms with van der Waals surface area (Å²) >= 11 is 0. The number of nitrogens with zero attached hydrogens (tertiary/aromatic N) is 2. The van der Waals surface area contributed by atoms with Gasteiger partial charge in [0.05, 0.1) is 39.3 Å². The summed E-state index contributed by atoms with van der Waals surface area (Å²) in [4.78, 5) is 5.86. The Morgan fingerprint density at radius 3 is 1.32 bits per heavy atom. The average molecular weight is 895 g/mol. The van der Waals surface area contributed by atoms with Crippen molar-refractivity contribution in [1.29, 1.82) is 0 Å². The van der Waals surface area contributed by atoms with Crippen LogP contribution in [-0.2, 0) is 10.8 Å². The molecule has 71 heavy (non-hydrogen) atoms. The van der Waals surface area contributed by atoms with Crippen LogP contribution in [-0.4, -0.2) is 9.38 Å². The van der Waals surface area contributed by atoms with E-state index in [1.807, 2.05) is 0 Å². The lowest BCUT2D eigenvalue weighted by molar-refractivity contribution is 0.761. The van der Waals surface area contributed by atoms with Crippen LogP contribution in [0.2, 0.25) is 0 Å². The second-order valence-electron chi connectivity index (χ2n) is 21.0. The summed E-state index contributed by atoms with van der Waals surface area (Å²) in [5.41, 5.74) is 32.6. The molecule has 0 aliphatic heterocycles. The third-order valence-corrected chi connectivity index (χ3v) is 18.5. The van der Waals surface area contributed by atoms with E-state index in [0.29, 0.717) is 0 Å². The maximum atomic E-state index is 5.86. The SMILES string of the molecule is c1ccc2c(c1)-c1ccccc1C21c2ccccc2-c2c1ccc1c2c2cc3c(c4c5c6c(ncc5n1c24)C1(c2ccccc2-c2ccccc21)c1ccccc1-6)C1c2ccccc2C3c2ccccc21. The molecule has 20 rings (SSSR count). The molecule has 0 atom stereocenters. The molecule has 0 N–H and O–H groups in total. The van der Waals surface area contributed by atoms with Gasteiger partial charge >= 0.3 is 0 Å². The fourth-order valence-corrected chi connectivity index (χ4v) is 16.4. The van der Waals surface area contributed by atoms with Crippen LogP contribution in [0.3, 0.4) is 0 Å². The zero-order valence-electron chi connectivity index (χ0n) is 38.3. The van der Waals surface area contributed by atoms with E-state index >= 15 is 0 Å². The van der Waals surface area contributed by atoms with E-state index in [2.05, 4.69) is 223 Å². The highest BCUT2D eigenvalue weighted by Gasteiger charge is 2.55. The van der Waals surface area contributed by atoms with Gasteiger partial charge in [0.25, 0.3) is 0 Å². The van der Waals surface area contributed by atoms with Gasteiger partial charge in [-0.15, -0.1) is 0 Å². The number of pyridine rings is 1. The van der Waals surface area contributed by atoms with Gasteiger partial charge in [0.1, 0.15) is 0 Å². The number of rotatable bonds is 0. The molecule has 13 aromatic rings. The van der Waals surface area contributed by atoms with Crippen molar-refractivity contribution in [1.82, 2.24) is 9.38 Å². The van der Waals surface area contributed by atoms with Gasteiger partial charge in [-0.2, -0.15) is 0 Å². The molecule has 0 unspecified atom stereocenters. The van der Waals surface area contributed by atoms with E-state index in [9.17, 15) is 0 Å². The Balaban J connectivity index is 1.03. The van der Waals surface area contributed by atoms with E-state index in [-0.39, 0.29) is 11.8 Å². The van der Waals surface area contributed by atoms with Gasteiger partial charge in [0, 0.05) is 38.9 Å². The average Bonchev–Trinajstić information content (AvgIpc) is 4.29. The highest BCUT2D eigenvalue weighted by Crippen LogP contribution is 2.68. The Bertz CT molecular complexity index is 4540. The van der Waals surface area contributed by atoms with Crippen LogP contribution in [0.15, 0.2) is 219 Å². The zero-order chi connectivity index (χ0) is 45.6. The molecule has 7 aliphatic rings. The van der Waals surface area contributed by atoms with Crippen LogP contribution >= 0.6 is 0 Å². The fraction of sp³-hybridized carbons (Fsp3) is 0.0580. The van der Waals surface area contributed by atoms with Gasteiger partial charge < -0.3 is 4.40 Å². The molecule has 3 aromatic heterocycles. The van der Waals surface area contributed by atoms with Crippen LogP contribution in [0.5, 0.6) is 0 Å². The minimum Gasteiger partial charge on any atom is -0.306 e. The minimum atomic E-state index is -0.549. The van der Waals surface area contributed by atoms with Gasteiger partial charge in [0.15, 0.2) is 0 Å². The minimum absolute atomic E-state index is 0.0859. The molecule has 2 spiro atoms. The maximum Gasteiger partial charge on any atom is 0.0898 e. The van der Waals surface area contributed by atoms with E-state index in [1.165, 1.54) is 155 Å². The number of benzene rings is 10. The van der Waals surface area contributed by atoms with Crippen molar-refractivity contribution < 1.29 is 0 Å². The first-order valence-electron chi connectivity index (χ1n) is 25.3. The lowest BCUT2D eigenvalue weighted by Gasteiger charge is -2.42. The number of hydrogen-bond acceptors (Lipinski definition) is 1. The van der Waals surface area contributed by atoms with Crippen molar-refractivity contribution in [2.24, 2.45) is 0 Å². The molecule has 10 aromatic carbocycles. The van der Waals surface area contributed by atoms with Gasteiger partial charge in [-0.05, 0) is 123 Å². The van der Waals surface area contributed by atoms with E-state index in [4.69, 9.17) is 4.98 Å². The fourth-order valence-electron chi connectivity index (χ4n) is 16.4. The Morgan fingerprint density at radius 2 is 0.775 bits per heavy atom. The van der Waals surface area contributed by atoms with Crippen molar-refractivity contribution in [3.8, 4) is 44.5 Å². The summed E-state index contributed by atoms with van der Waals surface area (Å²) in [6.07, 6.45) is 2.27. The van der Waals surface area contributed by atoms with E-state index in [0.717, 1.165) is 5.69 Å². The lowest BCUT2D eigenvalue weighted by Crippen LogP contribution is -2.27. The van der Waals surface area contributed by atoms with Crippen LogP contribution in [0.4, 0.5) is 0 Å². The first kappa shape index (κ1) is 36.2. The summed E-state index contributed by atoms with van der Waals surface area (Å²) in [5, 5.41) is 5.40. The predicted octanol–water partition coefficient (Wildman–Crippen LogP) is 15.9. The molecular weight excluding hydrogens is 857 g/mol. The van der Waals surface area contributed by atoms with Crippen LogP contribution in [0.1, 0.15) is 89.9 Å². The monoisotopic (exact) mass is 894 g/mol. The van der Waals surface area contributed by atoms with Gasteiger partial charge in [-0.1, -0.05) is 200 Å². The van der Waals surface area contributed by atoms with Gasteiger partial charge in [-0.3, -0.25) is 4.98 Å². The molecule has 324 valence electrons. The number of hydrogen-bond donors (Lipinski definition) is 0. The van der Waals surface area contributed by atoms with Crippen molar-refractivity contribution in [3.63, 3.8) is 0 Å². The number of fused-ring (bicyclic) bond motifs is 28. The molecule has 0 radical (unpaired) electrons. The highest BCUT2D eigenvalue weighted by atomic mass is 14.9. The summed E-state index contributed by atoms with van der Waals surface area (Å²) in [7, 11) is 0. The second kappa shape index (κ2) is 11.9. The van der Waals surface area contributed by atoms with E-state index < -0.39 is 10.8 Å². The lowest BCUT2D eigenvalue weighted by atomic mass is 9.60. The van der Waals surface area contributed by atoms with Crippen molar-refractivity contribution in [2.75, 3.05) is 0 Å². The highest BCUT2D eigenvalue weighted by molar-refractivity contribution is 6.31. The Labute approximate surface area is 409 Å². The largest absolute Gasteiger partial charge is 0.306 e. The van der Waals surface area contributed by atoms with Crippen molar-refractivity contribution in [3.05, 3.63) is 297 Å². The third kappa shape index (κ3) is 3.68. The Kier molecular flexibility index (Phi) is 6.08. The van der Waals surface area contributed by atoms with Crippen molar-refractivity contribution >= 4 is 38.1 Å². The molecule has 2 heteroatoms. The second-order valence-corrected chi connectivity index (χ2v) is 21.0. The molecule has 0 amide bonds. The predicted molar refractivity (Wildman–Crippen MR) is 286 cm³/mol. The van der Waals surface area contributed by atoms with E-state index in [1.54, 1.807) is 0 Å². The first-order chi connectivity index (χ1) is 35.3.